The number of rotatable bonds is 4. The van der Waals surface area contributed by atoms with Crippen LogP contribution < -0.4 is 4.74 Å². The van der Waals surface area contributed by atoms with E-state index in [1.807, 2.05) is 23.8 Å². The summed E-state index contributed by atoms with van der Waals surface area (Å²) in [5.41, 5.74) is 1.49. The first kappa shape index (κ1) is 19.7. The van der Waals surface area contributed by atoms with Crippen LogP contribution in [0.5, 0.6) is 5.75 Å². The zero-order chi connectivity index (χ0) is 21.5. The molecule has 9 heteroatoms. The zero-order valence-electron chi connectivity index (χ0n) is 16.5. The van der Waals surface area contributed by atoms with Gasteiger partial charge in [-0.05, 0) is 31.2 Å². The second-order valence-electron chi connectivity index (χ2n) is 6.73. The summed E-state index contributed by atoms with van der Waals surface area (Å²) in [6.45, 7) is 1.88. The van der Waals surface area contributed by atoms with E-state index in [0.29, 0.717) is 17.1 Å². The Kier molecular flexibility index (Phi) is 4.81. The van der Waals surface area contributed by atoms with Crippen LogP contribution in [0.1, 0.15) is 11.3 Å². The van der Waals surface area contributed by atoms with Crippen molar-refractivity contribution in [1.29, 1.82) is 0 Å². The van der Waals surface area contributed by atoms with Gasteiger partial charge < -0.3 is 9.30 Å². The van der Waals surface area contributed by atoms with Gasteiger partial charge in [0.25, 0.3) is 0 Å². The number of aryl methyl sites for hydroxylation is 2. The van der Waals surface area contributed by atoms with Crippen molar-refractivity contribution < 1.29 is 17.9 Å². The SMILES string of the molecule is COc1cc(-c2nc(-c3ccccc3C(F)(F)F)n(C)n2)ccc1-n1cnc(C)c1. The summed E-state index contributed by atoms with van der Waals surface area (Å²) < 4.78 is 48.9. The molecule has 0 amide bonds. The minimum absolute atomic E-state index is 0.0243. The van der Waals surface area contributed by atoms with Crippen molar-refractivity contribution in [2.75, 3.05) is 7.11 Å². The van der Waals surface area contributed by atoms with Crippen molar-refractivity contribution in [2.45, 2.75) is 13.1 Å². The Balaban J connectivity index is 1.78. The highest BCUT2D eigenvalue weighted by molar-refractivity contribution is 5.67. The highest BCUT2D eigenvalue weighted by atomic mass is 19.4. The molecule has 0 spiro atoms. The zero-order valence-corrected chi connectivity index (χ0v) is 16.5. The molecule has 0 aliphatic rings. The van der Waals surface area contributed by atoms with Crippen molar-refractivity contribution >= 4 is 0 Å². The number of imidazole rings is 1. The van der Waals surface area contributed by atoms with Crippen molar-refractivity contribution in [2.24, 2.45) is 7.05 Å². The Morgan fingerprint density at radius 1 is 1.07 bits per heavy atom. The van der Waals surface area contributed by atoms with E-state index in [1.165, 1.54) is 16.8 Å². The van der Waals surface area contributed by atoms with Crippen LogP contribution in [0.15, 0.2) is 55.0 Å². The molecular formula is C21H18F3N5O. The standard InChI is InChI=1S/C21H18F3N5O/c1-13-11-29(12-25-13)17-9-8-14(10-18(17)30-3)19-26-20(28(2)27-19)15-6-4-5-7-16(15)21(22,23)24/h4-12H,1-3H3. The van der Waals surface area contributed by atoms with Crippen LogP contribution in [0.2, 0.25) is 0 Å². The maximum absolute atomic E-state index is 13.4. The molecule has 0 saturated carbocycles. The van der Waals surface area contributed by atoms with Gasteiger partial charge >= 0.3 is 6.18 Å². The van der Waals surface area contributed by atoms with Crippen molar-refractivity contribution in [1.82, 2.24) is 24.3 Å². The fourth-order valence-electron chi connectivity index (χ4n) is 3.25. The molecule has 4 aromatic rings. The van der Waals surface area contributed by atoms with Crippen molar-refractivity contribution in [3.8, 4) is 34.2 Å². The van der Waals surface area contributed by atoms with Gasteiger partial charge in [-0.2, -0.15) is 18.3 Å². The molecule has 2 heterocycles. The lowest BCUT2D eigenvalue weighted by molar-refractivity contribution is -0.137. The molecule has 0 bridgehead atoms. The molecule has 0 aliphatic heterocycles. The fourth-order valence-corrected chi connectivity index (χ4v) is 3.25. The second kappa shape index (κ2) is 7.33. The maximum atomic E-state index is 13.4. The number of nitrogens with zero attached hydrogens (tertiary/aromatic N) is 5. The third-order valence-corrected chi connectivity index (χ3v) is 4.66. The van der Waals surface area contributed by atoms with E-state index in [1.54, 1.807) is 38.7 Å². The lowest BCUT2D eigenvalue weighted by Crippen LogP contribution is -2.08. The molecule has 0 fully saturated rings. The first-order chi connectivity index (χ1) is 14.3. The monoisotopic (exact) mass is 413 g/mol. The number of halogens is 3. The summed E-state index contributed by atoms with van der Waals surface area (Å²) in [5, 5.41) is 4.33. The van der Waals surface area contributed by atoms with Gasteiger partial charge in [-0.15, -0.1) is 0 Å². The summed E-state index contributed by atoms with van der Waals surface area (Å²) in [6, 6.07) is 10.7. The molecule has 6 nitrogen and oxygen atoms in total. The molecule has 30 heavy (non-hydrogen) atoms. The number of benzene rings is 2. The van der Waals surface area contributed by atoms with Gasteiger partial charge in [0.15, 0.2) is 11.6 Å². The molecule has 0 saturated heterocycles. The van der Waals surface area contributed by atoms with E-state index in [2.05, 4.69) is 15.1 Å². The quantitative estimate of drug-likeness (QED) is 0.488. The van der Waals surface area contributed by atoms with Gasteiger partial charge in [0.2, 0.25) is 0 Å². The lowest BCUT2D eigenvalue weighted by Gasteiger charge is -2.11. The lowest BCUT2D eigenvalue weighted by atomic mass is 10.1. The van der Waals surface area contributed by atoms with Crippen LogP contribution in [0.25, 0.3) is 28.5 Å². The van der Waals surface area contributed by atoms with Gasteiger partial charge in [-0.25, -0.2) is 14.6 Å². The predicted octanol–water partition coefficient (Wildman–Crippen LogP) is 4.67. The van der Waals surface area contributed by atoms with E-state index >= 15 is 0 Å². The number of aromatic nitrogens is 5. The molecule has 0 radical (unpaired) electrons. The molecule has 0 N–H and O–H groups in total. The molecule has 154 valence electrons. The van der Waals surface area contributed by atoms with E-state index in [-0.39, 0.29) is 11.4 Å². The van der Waals surface area contributed by atoms with E-state index in [0.717, 1.165) is 17.4 Å². The van der Waals surface area contributed by atoms with Crippen molar-refractivity contribution in [3.05, 3.63) is 66.2 Å². The fraction of sp³-hybridized carbons (Fsp3) is 0.190. The van der Waals surface area contributed by atoms with Crippen LogP contribution >= 0.6 is 0 Å². The summed E-state index contributed by atoms with van der Waals surface area (Å²) in [4.78, 5) is 8.60. The third-order valence-electron chi connectivity index (χ3n) is 4.66. The summed E-state index contributed by atoms with van der Waals surface area (Å²) >= 11 is 0. The number of ether oxygens (including phenoxy) is 1. The van der Waals surface area contributed by atoms with E-state index < -0.39 is 11.7 Å². The van der Waals surface area contributed by atoms with Crippen LogP contribution in [-0.4, -0.2) is 31.4 Å². The normalized spacial score (nSPS) is 11.7. The summed E-state index contributed by atoms with van der Waals surface area (Å²) in [7, 11) is 3.11. The topological polar surface area (TPSA) is 57.8 Å². The van der Waals surface area contributed by atoms with Crippen LogP contribution in [0, 0.1) is 6.92 Å². The number of methoxy groups -OCH3 is 1. The minimum Gasteiger partial charge on any atom is -0.495 e. The van der Waals surface area contributed by atoms with Gasteiger partial charge in [0.1, 0.15) is 5.75 Å². The second-order valence-corrected chi connectivity index (χ2v) is 6.73. The van der Waals surface area contributed by atoms with Gasteiger partial charge in [-0.3, -0.25) is 0 Å². The van der Waals surface area contributed by atoms with Crippen LogP contribution in [-0.2, 0) is 13.2 Å². The van der Waals surface area contributed by atoms with Gasteiger partial charge in [0, 0.05) is 24.4 Å². The summed E-state index contributed by atoms with van der Waals surface area (Å²) in [6.07, 6.45) is -0.947. The third kappa shape index (κ3) is 3.54. The van der Waals surface area contributed by atoms with Crippen molar-refractivity contribution in [3.63, 3.8) is 0 Å². The predicted molar refractivity (Wildman–Crippen MR) is 105 cm³/mol. The number of hydrogen-bond acceptors (Lipinski definition) is 4. The first-order valence-electron chi connectivity index (χ1n) is 9.05. The Bertz CT molecular complexity index is 1210. The van der Waals surface area contributed by atoms with Crippen LogP contribution in [0.3, 0.4) is 0 Å². The highest BCUT2D eigenvalue weighted by Gasteiger charge is 2.34. The minimum atomic E-state index is -4.49. The highest BCUT2D eigenvalue weighted by Crippen LogP contribution is 2.37. The summed E-state index contributed by atoms with van der Waals surface area (Å²) in [5.74, 6) is 0.997. The molecule has 4 rings (SSSR count). The molecule has 0 unspecified atom stereocenters. The average Bonchev–Trinajstić information content (AvgIpc) is 3.32. The molecule has 0 aliphatic carbocycles. The van der Waals surface area contributed by atoms with E-state index in [9.17, 15) is 13.2 Å². The Morgan fingerprint density at radius 2 is 1.83 bits per heavy atom. The molecular weight excluding hydrogens is 395 g/mol. The average molecular weight is 413 g/mol. The first-order valence-corrected chi connectivity index (χ1v) is 9.05. The molecule has 2 aromatic carbocycles. The van der Waals surface area contributed by atoms with Gasteiger partial charge in [0.05, 0.1) is 30.4 Å². The number of alkyl halides is 3. The Hall–Kier alpha value is -3.62. The molecule has 0 atom stereocenters. The largest absolute Gasteiger partial charge is 0.495 e. The van der Waals surface area contributed by atoms with Gasteiger partial charge in [-0.1, -0.05) is 18.2 Å². The van der Waals surface area contributed by atoms with Crippen LogP contribution in [0.4, 0.5) is 13.2 Å². The smallest absolute Gasteiger partial charge is 0.417 e. The Labute approximate surface area is 170 Å². The maximum Gasteiger partial charge on any atom is 0.417 e. The number of hydrogen-bond donors (Lipinski definition) is 0. The Morgan fingerprint density at radius 3 is 2.50 bits per heavy atom. The molecule has 2 aromatic heterocycles. The van der Waals surface area contributed by atoms with E-state index in [4.69, 9.17) is 4.74 Å².